The third kappa shape index (κ3) is 4.10. The van der Waals surface area contributed by atoms with Crippen LogP contribution in [0.5, 0.6) is 0 Å². The first-order valence-corrected chi connectivity index (χ1v) is 6.61. The van der Waals surface area contributed by atoms with Crippen LogP contribution in [0, 0.1) is 19.8 Å². The molecule has 1 heterocycles. The van der Waals surface area contributed by atoms with Crippen molar-refractivity contribution >= 4 is 17.4 Å². The van der Waals surface area contributed by atoms with Crippen LogP contribution < -0.4 is 5.32 Å². The van der Waals surface area contributed by atoms with E-state index in [1.807, 2.05) is 13.8 Å². The lowest BCUT2D eigenvalue weighted by Gasteiger charge is -2.27. The molecule has 102 valence electrons. The molecule has 0 amide bonds. The molecule has 4 nitrogen and oxygen atoms in total. The molecular formula is C13H23ClN4. The van der Waals surface area contributed by atoms with Gasteiger partial charge in [0.25, 0.3) is 0 Å². The minimum Gasteiger partial charge on any atom is -0.365 e. The van der Waals surface area contributed by atoms with E-state index in [0.717, 1.165) is 17.9 Å². The molecular weight excluding hydrogens is 248 g/mol. The molecule has 0 aliphatic rings. The van der Waals surface area contributed by atoms with Crippen molar-refractivity contribution in [2.75, 3.05) is 26.0 Å². The molecule has 0 aromatic carbocycles. The first-order chi connectivity index (χ1) is 8.31. The van der Waals surface area contributed by atoms with Gasteiger partial charge in [0.05, 0.1) is 0 Å². The standard InChI is InChI=1S/C13H23ClN4/c1-8(2)11(7-18(5)6)17-13-9(3)12(14)15-10(4)16-13/h8,11H,7H2,1-6H3,(H,15,16,17). The van der Waals surface area contributed by atoms with Gasteiger partial charge in [-0.15, -0.1) is 0 Å². The summed E-state index contributed by atoms with van der Waals surface area (Å²) in [7, 11) is 4.14. The van der Waals surface area contributed by atoms with Gasteiger partial charge in [-0.25, -0.2) is 9.97 Å². The molecule has 1 rings (SSSR count). The van der Waals surface area contributed by atoms with Crippen molar-refractivity contribution < 1.29 is 0 Å². The maximum Gasteiger partial charge on any atom is 0.137 e. The number of likely N-dealkylation sites (N-methyl/N-ethyl adjacent to an activating group) is 1. The lowest BCUT2D eigenvalue weighted by atomic mass is 10.0. The fourth-order valence-electron chi connectivity index (χ4n) is 1.73. The number of nitrogens with one attached hydrogen (secondary N) is 1. The lowest BCUT2D eigenvalue weighted by molar-refractivity contribution is 0.344. The van der Waals surface area contributed by atoms with Crippen LogP contribution in [0.25, 0.3) is 0 Å². The normalized spacial score (nSPS) is 13.2. The van der Waals surface area contributed by atoms with Crippen molar-refractivity contribution in [2.45, 2.75) is 33.7 Å². The van der Waals surface area contributed by atoms with E-state index in [4.69, 9.17) is 11.6 Å². The van der Waals surface area contributed by atoms with Crippen LogP contribution in [0.1, 0.15) is 25.2 Å². The molecule has 0 saturated heterocycles. The van der Waals surface area contributed by atoms with Crippen LogP contribution in [-0.4, -0.2) is 41.5 Å². The van der Waals surface area contributed by atoms with E-state index in [-0.39, 0.29) is 0 Å². The number of aryl methyl sites for hydroxylation is 1. The summed E-state index contributed by atoms with van der Waals surface area (Å²) in [6.07, 6.45) is 0. The van der Waals surface area contributed by atoms with Gasteiger partial charge in [0.1, 0.15) is 16.8 Å². The molecule has 0 radical (unpaired) electrons. The topological polar surface area (TPSA) is 41.1 Å². The molecule has 0 saturated carbocycles. The Kier molecular flexibility index (Phi) is 5.35. The summed E-state index contributed by atoms with van der Waals surface area (Å²) in [5.74, 6) is 2.05. The Labute approximate surface area is 115 Å². The molecule has 1 atom stereocenters. The Hall–Kier alpha value is -0.870. The minimum atomic E-state index is 0.337. The van der Waals surface area contributed by atoms with E-state index in [1.54, 1.807) is 0 Å². The molecule has 18 heavy (non-hydrogen) atoms. The number of hydrogen-bond donors (Lipinski definition) is 1. The van der Waals surface area contributed by atoms with Crippen LogP contribution in [0.4, 0.5) is 5.82 Å². The molecule has 5 heteroatoms. The highest BCUT2D eigenvalue weighted by molar-refractivity contribution is 6.30. The minimum absolute atomic E-state index is 0.337. The Bertz CT molecular complexity index is 404. The van der Waals surface area contributed by atoms with Gasteiger partial charge >= 0.3 is 0 Å². The summed E-state index contributed by atoms with van der Waals surface area (Å²) in [6, 6.07) is 0.337. The third-order valence-corrected chi connectivity index (χ3v) is 3.25. The van der Waals surface area contributed by atoms with Gasteiger partial charge in [0, 0.05) is 18.2 Å². The summed E-state index contributed by atoms with van der Waals surface area (Å²) in [5, 5.41) is 4.01. The summed E-state index contributed by atoms with van der Waals surface area (Å²) >= 11 is 6.09. The molecule has 1 N–H and O–H groups in total. The Morgan fingerprint density at radius 2 is 1.83 bits per heavy atom. The number of anilines is 1. The van der Waals surface area contributed by atoms with Gasteiger partial charge in [-0.3, -0.25) is 0 Å². The highest BCUT2D eigenvalue weighted by Gasteiger charge is 2.17. The third-order valence-electron chi connectivity index (χ3n) is 2.89. The Morgan fingerprint density at radius 1 is 1.22 bits per heavy atom. The molecule has 0 fully saturated rings. The van der Waals surface area contributed by atoms with Gasteiger partial charge in [0.2, 0.25) is 0 Å². The smallest absolute Gasteiger partial charge is 0.137 e. The fraction of sp³-hybridized carbons (Fsp3) is 0.692. The molecule has 0 bridgehead atoms. The Morgan fingerprint density at radius 3 is 2.33 bits per heavy atom. The second-order valence-electron chi connectivity index (χ2n) is 5.29. The number of rotatable bonds is 5. The Balaban J connectivity index is 2.93. The predicted molar refractivity (Wildman–Crippen MR) is 77.3 cm³/mol. The van der Waals surface area contributed by atoms with Gasteiger partial charge in [-0.2, -0.15) is 0 Å². The van der Waals surface area contributed by atoms with E-state index < -0.39 is 0 Å². The molecule has 0 aliphatic heterocycles. The largest absolute Gasteiger partial charge is 0.365 e. The highest BCUT2D eigenvalue weighted by atomic mass is 35.5. The van der Waals surface area contributed by atoms with E-state index in [9.17, 15) is 0 Å². The summed E-state index contributed by atoms with van der Waals surface area (Å²) in [4.78, 5) is 10.8. The van der Waals surface area contributed by atoms with Crippen LogP contribution in [0.3, 0.4) is 0 Å². The number of aromatic nitrogens is 2. The fourth-order valence-corrected chi connectivity index (χ4v) is 1.94. The zero-order chi connectivity index (χ0) is 13.9. The second kappa shape index (κ2) is 6.34. The molecule has 1 aromatic rings. The van der Waals surface area contributed by atoms with Crippen LogP contribution in [0.2, 0.25) is 5.15 Å². The van der Waals surface area contributed by atoms with Crippen molar-refractivity contribution in [3.63, 3.8) is 0 Å². The van der Waals surface area contributed by atoms with Crippen molar-refractivity contribution in [2.24, 2.45) is 5.92 Å². The molecule has 0 spiro atoms. The zero-order valence-corrected chi connectivity index (χ0v) is 12.8. The maximum atomic E-state index is 6.09. The quantitative estimate of drug-likeness (QED) is 0.836. The number of nitrogens with zero attached hydrogens (tertiary/aromatic N) is 3. The van der Waals surface area contributed by atoms with Crippen molar-refractivity contribution in [3.05, 3.63) is 16.5 Å². The van der Waals surface area contributed by atoms with Crippen LogP contribution in [0.15, 0.2) is 0 Å². The van der Waals surface area contributed by atoms with E-state index in [2.05, 4.69) is 48.1 Å². The van der Waals surface area contributed by atoms with Gasteiger partial charge in [-0.1, -0.05) is 25.4 Å². The van der Waals surface area contributed by atoms with Crippen molar-refractivity contribution in [1.82, 2.24) is 14.9 Å². The van der Waals surface area contributed by atoms with Crippen molar-refractivity contribution in [1.29, 1.82) is 0 Å². The number of halogens is 1. The van der Waals surface area contributed by atoms with Crippen LogP contribution >= 0.6 is 11.6 Å². The summed E-state index contributed by atoms with van der Waals surface area (Å²) < 4.78 is 0. The first kappa shape index (κ1) is 15.2. The van der Waals surface area contributed by atoms with Crippen molar-refractivity contribution in [3.8, 4) is 0 Å². The monoisotopic (exact) mass is 270 g/mol. The lowest BCUT2D eigenvalue weighted by Crippen LogP contribution is -2.37. The average Bonchev–Trinajstić information content (AvgIpc) is 2.23. The van der Waals surface area contributed by atoms with Gasteiger partial charge in [0.15, 0.2) is 0 Å². The second-order valence-corrected chi connectivity index (χ2v) is 5.65. The molecule has 1 aromatic heterocycles. The molecule has 1 unspecified atom stereocenters. The van der Waals surface area contributed by atoms with Crippen LogP contribution in [-0.2, 0) is 0 Å². The van der Waals surface area contributed by atoms with Gasteiger partial charge < -0.3 is 10.2 Å². The zero-order valence-electron chi connectivity index (χ0n) is 12.1. The SMILES string of the molecule is Cc1nc(Cl)c(C)c(NC(CN(C)C)C(C)C)n1. The van der Waals surface area contributed by atoms with E-state index >= 15 is 0 Å². The molecule has 0 aliphatic carbocycles. The van der Waals surface area contributed by atoms with Gasteiger partial charge in [-0.05, 0) is 33.9 Å². The average molecular weight is 271 g/mol. The summed E-state index contributed by atoms with van der Waals surface area (Å²) in [5.41, 5.74) is 0.909. The highest BCUT2D eigenvalue weighted by Crippen LogP contribution is 2.21. The van der Waals surface area contributed by atoms with E-state index in [0.29, 0.717) is 22.9 Å². The maximum absolute atomic E-state index is 6.09. The predicted octanol–water partition coefficient (Wildman–Crippen LogP) is 2.74. The first-order valence-electron chi connectivity index (χ1n) is 6.23. The van der Waals surface area contributed by atoms with E-state index in [1.165, 1.54) is 0 Å². The summed E-state index contributed by atoms with van der Waals surface area (Å²) in [6.45, 7) is 9.15. The number of hydrogen-bond acceptors (Lipinski definition) is 4.